The molecule has 102 valence electrons. The molecule has 2 heterocycles. The lowest BCUT2D eigenvalue weighted by Crippen LogP contribution is -2.11. The number of hydrogen-bond acceptors (Lipinski definition) is 1. The van der Waals surface area contributed by atoms with Gasteiger partial charge in [-0.2, -0.15) is 0 Å². The molecule has 3 N–H and O–H groups in total. The van der Waals surface area contributed by atoms with Crippen LogP contribution in [0.3, 0.4) is 0 Å². The monoisotopic (exact) mass is 275 g/mol. The number of carbonyl (C=O) groups is 1. The maximum atomic E-state index is 12.4. The summed E-state index contributed by atoms with van der Waals surface area (Å²) in [5.74, 6) is -0.108. The summed E-state index contributed by atoms with van der Waals surface area (Å²) >= 11 is 0. The number of aromatic nitrogens is 2. The van der Waals surface area contributed by atoms with Crippen LogP contribution in [-0.2, 0) is 0 Å². The summed E-state index contributed by atoms with van der Waals surface area (Å²) in [5, 5.41) is 4.99. The number of aromatic amines is 2. The van der Waals surface area contributed by atoms with Crippen molar-refractivity contribution in [2.24, 2.45) is 0 Å². The maximum absolute atomic E-state index is 12.4. The van der Waals surface area contributed by atoms with Crippen LogP contribution in [0.2, 0.25) is 0 Å². The molecule has 4 heteroatoms. The predicted octanol–water partition coefficient (Wildman–Crippen LogP) is 3.90. The molecule has 2 aromatic heterocycles. The van der Waals surface area contributed by atoms with E-state index in [1.165, 1.54) is 0 Å². The minimum atomic E-state index is -0.108. The smallest absolute Gasteiger partial charge is 0.255 e. The zero-order valence-electron chi connectivity index (χ0n) is 11.2. The number of carbonyl (C=O) groups excluding carboxylic acids is 1. The summed E-state index contributed by atoms with van der Waals surface area (Å²) < 4.78 is 0. The van der Waals surface area contributed by atoms with Crippen LogP contribution in [0.15, 0.2) is 60.9 Å². The third-order valence-electron chi connectivity index (χ3n) is 3.65. The minimum absolute atomic E-state index is 0.108. The number of rotatable bonds is 2. The SMILES string of the molecule is O=C(Nc1c[nH]c2ccccc12)c1ccc2[nH]ccc2c1. The third-order valence-corrected chi connectivity index (χ3v) is 3.65. The molecule has 0 radical (unpaired) electrons. The van der Waals surface area contributed by atoms with Crippen LogP contribution < -0.4 is 5.32 Å². The number of nitrogens with one attached hydrogen (secondary N) is 3. The lowest BCUT2D eigenvalue weighted by atomic mass is 10.1. The highest BCUT2D eigenvalue weighted by Gasteiger charge is 2.10. The van der Waals surface area contributed by atoms with E-state index >= 15 is 0 Å². The molecule has 0 saturated carbocycles. The van der Waals surface area contributed by atoms with E-state index in [0.717, 1.165) is 27.5 Å². The summed E-state index contributed by atoms with van der Waals surface area (Å²) in [6.45, 7) is 0. The fourth-order valence-corrected chi connectivity index (χ4v) is 2.56. The highest BCUT2D eigenvalue weighted by Crippen LogP contribution is 2.23. The molecule has 0 atom stereocenters. The maximum Gasteiger partial charge on any atom is 0.255 e. The lowest BCUT2D eigenvalue weighted by Gasteiger charge is -2.04. The number of para-hydroxylation sites is 1. The average Bonchev–Trinajstić information content (AvgIpc) is 3.13. The number of benzene rings is 2. The molecule has 0 aliphatic heterocycles. The van der Waals surface area contributed by atoms with E-state index in [1.807, 2.05) is 60.9 Å². The van der Waals surface area contributed by atoms with Gasteiger partial charge in [-0.25, -0.2) is 0 Å². The van der Waals surface area contributed by atoms with Gasteiger partial charge in [0.1, 0.15) is 0 Å². The first-order chi connectivity index (χ1) is 10.3. The molecule has 4 aromatic rings. The van der Waals surface area contributed by atoms with Crippen molar-refractivity contribution in [3.8, 4) is 0 Å². The van der Waals surface area contributed by atoms with Crippen molar-refractivity contribution in [1.29, 1.82) is 0 Å². The van der Waals surface area contributed by atoms with Crippen LogP contribution in [-0.4, -0.2) is 15.9 Å². The van der Waals surface area contributed by atoms with Crippen molar-refractivity contribution in [3.05, 3.63) is 66.5 Å². The Kier molecular flexibility index (Phi) is 2.54. The molecule has 0 bridgehead atoms. The van der Waals surface area contributed by atoms with E-state index < -0.39 is 0 Å². The molecule has 21 heavy (non-hydrogen) atoms. The Morgan fingerprint density at radius 2 is 1.86 bits per heavy atom. The lowest BCUT2D eigenvalue weighted by molar-refractivity contribution is 0.102. The second kappa shape index (κ2) is 4.52. The third kappa shape index (κ3) is 1.97. The molecule has 0 aliphatic carbocycles. The summed E-state index contributed by atoms with van der Waals surface area (Å²) in [4.78, 5) is 18.7. The molecule has 0 spiro atoms. The minimum Gasteiger partial charge on any atom is -0.361 e. The zero-order chi connectivity index (χ0) is 14.2. The average molecular weight is 275 g/mol. The van der Waals surface area contributed by atoms with Crippen molar-refractivity contribution in [1.82, 2.24) is 9.97 Å². The van der Waals surface area contributed by atoms with E-state index in [-0.39, 0.29) is 5.91 Å². The second-order valence-electron chi connectivity index (χ2n) is 4.98. The Morgan fingerprint density at radius 3 is 2.81 bits per heavy atom. The van der Waals surface area contributed by atoms with Crippen LogP contribution in [0, 0.1) is 0 Å². The summed E-state index contributed by atoms with van der Waals surface area (Å²) in [6.07, 6.45) is 3.68. The van der Waals surface area contributed by atoms with E-state index in [1.54, 1.807) is 0 Å². The molecular weight excluding hydrogens is 262 g/mol. The summed E-state index contributed by atoms with van der Waals surface area (Å²) in [5.41, 5.74) is 3.48. The molecule has 0 aliphatic rings. The standard InChI is InChI=1S/C17H13N3O/c21-17(12-5-6-14-11(9-12)7-8-18-14)20-16-10-19-15-4-2-1-3-13(15)16/h1-10,18-19H,(H,20,21). The van der Waals surface area contributed by atoms with Crippen molar-refractivity contribution >= 4 is 33.4 Å². The fourth-order valence-electron chi connectivity index (χ4n) is 2.56. The predicted molar refractivity (Wildman–Crippen MR) is 84.6 cm³/mol. The van der Waals surface area contributed by atoms with Gasteiger partial charge in [-0.05, 0) is 30.3 Å². The number of hydrogen-bond donors (Lipinski definition) is 3. The van der Waals surface area contributed by atoms with Gasteiger partial charge in [0.25, 0.3) is 5.91 Å². The van der Waals surface area contributed by atoms with Gasteiger partial charge in [0.05, 0.1) is 5.69 Å². The van der Waals surface area contributed by atoms with Crippen LogP contribution >= 0.6 is 0 Å². The van der Waals surface area contributed by atoms with Crippen LogP contribution in [0.1, 0.15) is 10.4 Å². The molecule has 1 amide bonds. The van der Waals surface area contributed by atoms with Crippen molar-refractivity contribution < 1.29 is 4.79 Å². The van der Waals surface area contributed by atoms with Crippen molar-refractivity contribution in [2.45, 2.75) is 0 Å². The number of amides is 1. The van der Waals surface area contributed by atoms with Gasteiger partial charge in [-0.1, -0.05) is 18.2 Å². The van der Waals surface area contributed by atoms with Gasteiger partial charge in [-0.3, -0.25) is 4.79 Å². The normalized spacial score (nSPS) is 11.0. The summed E-state index contributed by atoms with van der Waals surface area (Å²) in [7, 11) is 0. The van der Waals surface area contributed by atoms with Crippen LogP contribution in [0.4, 0.5) is 5.69 Å². The van der Waals surface area contributed by atoms with E-state index in [2.05, 4.69) is 15.3 Å². The van der Waals surface area contributed by atoms with Crippen LogP contribution in [0.25, 0.3) is 21.8 Å². The van der Waals surface area contributed by atoms with Crippen LogP contribution in [0.5, 0.6) is 0 Å². The second-order valence-corrected chi connectivity index (χ2v) is 4.98. The fraction of sp³-hybridized carbons (Fsp3) is 0. The molecule has 0 saturated heterocycles. The first-order valence-corrected chi connectivity index (χ1v) is 6.76. The Morgan fingerprint density at radius 1 is 0.952 bits per heavy atom. The van der Waals surface area contributed by atoms with Crippen molar-refractivity contribution in [2.75, 3.05) is 5.32 Å². The van der Waals surface area contributed by atoms with Gasteiger partial charge in [-0.15, -0.1) is 0 Å². The molecule has 2 aromatic carbocycles. The highest BCUT2D eigenvalue weighted by atomic mass is 16.1. The largest absolute Gasteiger partial charge is 0.361 e. The first kappa shape index (κ1) is 11.8. The van der Waals surface area contributed by atoms with Gasteiger partial charge in [0.2, 0.25) is 0 Å². The first-order valence-electron chi connectivity index (χ1n) is 6.76. The Labute approximate surface area is 120 Å². The Bertz CT molecular complexity index is 949. The topological polar surface area (TPSA) is 60.7 Å². The highest BCUT2D eigenvalue weighted by molar-refractivity contribution is 6.10. The van der Waals surface area contributed by atoms with E-state index in [4.69, 9.17) is 0 Å². The van der Waals surface area contributed by atoms with E-state index in [9.17, 15) is 4.79 Å². The molecule has 0 unspecified atom stereocenters. The van der Waals surface area contributed by atoms with Gasteiger partial charge < -0.3 is 15.3 Å². The number of anilines is 1. The van der Waals surface area contributed by atoms with Gasteiger partial charge in [0, 0.05) is 39.8 Å². The quantitative estimate of drug-likeness (QED) is 0.510. The van der Waals surface area contributed by atoms with E-state index in [0.29, 0.717) is 5.56 Å². The molecule has 4 nitrogen and oxygen atoms in total. The Balaban J connectivity index is 1.68. The van der Waals surface area contributed by atoms with Gasteiger partial charge >= 0.3 is 0 Å². The zero-order valence-corrected chi connectivity index (χ0v) is 11.2. The summed E-state index contributed by atoms with van der Waals surface area (Å²) in [6, 6.07) is 15.5. The molecular formula is C17H13N3O. The van der Waals surface area contributed by atoms with Crippen molar-refractivity contribution in [3.63, 3.8) is 0 Å². The molecule has 0 fully saturated rings. The number of H-pyrrole nitrogens is 2. The number of fused-ring (bicyclic) bond motifs is 2. The van der Waals surface area contributed by atoms with Gasteiger partial charge in [0.15, 0.2) is 0 Å². The Hall–Kier alpha value is -3.01. The molecule has 4 rings (SSSR count).